The van der Waals surface area contributed by atoms with E-state index in [2.05, 4.69) is 14.9 Å². The first-order valence-electron chi connectivity index (χ1n) is 15.0. The molecule has 5 heterocycles. The Balaban J connectivity index is 1.36. The van der Waals surface area contributed by atoms with Gasteiger partial charge in [0, 0.05) is 37.4 Å². The molecule has 11 nitrogen and oxygen atoms in total. The molecule has 18 heteroatoms. The van der Waals surface area contributed by atoms with Crippen LogP contribution in [0, 0.1) is 5.41 Å². The fourth-order valence-electron chi connectivity index (χ4n) is 6.71. The van der Waals surface area contributed by atoms with Gasteiger partial charge in [-0.05, 0) is 58.4 Å². The molecule has 4 aliphatic rings. The molecule has 1 N–H and O–H groups in total. The number of nitrogens with zero attached hydrogens (tertiary/aromatic N) is 5. The van der Waals surface area contributed by atoms with E-state index < -0.39 is 56.6 Å². The minimum atomic E-state index is -4.73. The van der Waals surface area contributed by atoms with E-state index in [0.29, 0.717) is 80.0 Å². The van der Waals surface area contributed by atoms with E-state index in [4.69, 9.17) is 19.2 Å². The Morgan fingerprint density at radius 1 is 1.13 bits per heavy atom. The van der Waals surface area contributed by atoms with E-state index in [0.717, 1.165) is 0 Å². The van der Waals surface area contributed by atoms with Gasteiger partial charge in [-0.1, -0.05) is 11.3 Å². The highest BCUT2D eigenvalue weighted by atomic mass is 32.2. The predicted octanol–water partition coefficient (Wildman–Crippen LogP) is 4.95. The number of rotatable bonds is 9. The van der Waals surface area contributed by atoms with Gasteiger partial charge in [-0.2, -0.15) is 22.0 Å². The molecule has 4 fully saturated rings. The number of ether oxygens (including phenoxy) is 3. The number of imidazole rings is 1. The van der Waals surface area contributed by atoms with Crippen LogP contribution in [0.1, 0.15) is 63.1 Å². The van der Waals surface area contributed by atoms with Gasteiger partial charge >= 0.3 is 12.8 Å². The van der Waals surface area contributed by atoms with E-state index in [1.807, 2.05) is 4.90 Å². The second kappa shape index (κ2) is 10.7. The second-order valence-electron chi connectivity index (χ2n) is 13.0. The Hall–Kier alpha value is -2.51. The molecular formula is C28H33F5N6O5S2. The van der Waals surface area contributed by atoms with Gasteiger partial charge in [0.15, 0.2) is 10.7 Å². The fraction of sp³-hybridized carbons (Fsp3) is 0.679. The summed E-state index contributed by atoms with van der Waals surface area (Å²) in [6.45, 7) is 1.47. The summed E-state index contributed by atoms with van der Waals surface area (Å²) in [7, 11) is -2.59. The molecule has 1 unspecified atom stereocenters. The van der Waals surface area contributed by atoms with Crippen LogP contribution in [0.5, 0.6) is 0 Å². The van der Waals surface area contributed by atoms with Crippen molar-refractivity contribution in [3.8, 4) is 10.7 Å². The lowest BCUT2D eigenvalue weighted by Gasteiger charge is -2.42. The average molecular weight is 693 g/mol. The fourth-order valence-corrected chi connectivity index (χ4v) is 8.95. The number of nitrogens with one attached hydrogen (secondary N) is 1. The Labute approximate surface area is 265 Å². The lowest BCUT2D eigenvalue weighted by atomic mass is 9.74. The first kappa shape index (κ1) is 32.1. The van der Waals surface area contributed by atoms with Gasteiger partial charge in [-0.3, -0.25) is 4.40 Å². The van der Waals surface area contributed by atoms with Crippen LogP contribution >= 0.6 is 11.3 Å². The van der Waals surface area contributed by atoms with Crippen molar-refractivity contribution >= 4 is 32.7 Å². The molecule has 0 bridgehead atoms. The summed E-state index contributed by atoms with van der Waals surface area (Å²) in [5.41, 5.74) is -0.885. The SMILES string of the molecule is COC1(c2nc3c(N4CCC5(CC4)CO[C@@H](C)C5OC(F)F)cc(S(=O)(=O)NC4(C)CC4)cn3c2-c2nnc(C(F)(F)F)s2)CC1. The normalized spacial score (nSPS) is 25.2. The summed E-state index contributed by atoms with van der Waals surface area (Å²) in [5, 5.41) is 6.02. The van der Waals surface area contributed by atoms with Crippen molar-refractivity contribution in [3.63, 3.8) is 0 Å². The van der Waals surface area contributed by atoms with Crippen LogP contribution in [-0.2, 0) is 36.0 Å². The van der Waals surface area contributed by atoms with Crippen LogP contribution in [0.4, 0.5) is 27.6 Å². The Kier molecular flexibility index (Phi) is 7.49. The quantitative estimate of drug-likeness (QED) is 0.311. The van der Waals surface area contributed by atoms with Crippen molar-refractivity contribution in [1.82, 2.24) is 24.3 Å². The molecule has 252 valence electrons. The van der Waals surface area contributed by atoms with Crippen molar-refractivity contribution in [2.45, 2.75) is 93.4 Å². The monoisotopic (exact) mass is 692 g/mol. The molecule has 3 aromatic heterocycles. The third kappa shape index (κ3) is 5.47. The zero-order chi connectivity index (χ0) is 32.9. The number of anilines is 1. The summed E-state index contributed by atoms with van der Waals surface area (Å²) >= 11 is 0.342. The molecule has 0 amide bonds. The molecule has 2 saturated heterocycles. The maximum Gasteiger partial charge on any atom is 0.445 e. The molecule has 3 aromatic rings. The van der Waals surface area contributed by atoms with Crippen molar-refractivity contribution < 1.29 is 44.6 Å². The van der Waals surface area contributed by atoms with Gasteiger partial charge in [-0.25, -0.2) is 18.1 Å². The highest BCUT2D eigenvalue weighted by Gasteiger charge is 2.53. The lowest BCUT2D eigenvalue weighted by Crippen LogP contribution is -2.48. The number of aromatic nitrogens is 4. The molecule has 2 atom stereocenters. The minimum absolute atomic E-state index is 0.0811. The third-order valence-corrected chi connectivity index (χ3v) is 12.4. The van der Waals surface area contributed by atoms with Crippen LogP contribution < -0.4 is 9.62 Å². The van der Waals surface area contributed by atoms with E-state index in [1.165, 1.54) is 23.8 Å². The molecule has 2 aliphatic heterocycles. The average Bonchev–Trinajstić information content (AvgIpc) is 3.78. The Bertz CT molecular complexity index is 1760. The van der Waals surface area contributed by atoms with Crippen LogP contribution in [0.25, 0.3) is 16.3 Å². The largest absolute Gasteiger partial charge is 0.445 e. The van der Waals surface area contributed by atoms with Crippen LogP contribution in [-0.4, -0.2) is 79.2 Å². The Morgan fingerprint density at radius 3 is 2.39 bits per heavy atom. The highest BCUT2D eigenvalue weighted by molar-refractivity contribution is 7.89. The number of hydrogen-bond donors (Lipinski definition) is 1. The smallest absolute Gasteiger partial charge is 0.375 e. The number of hydrogen-bond acceptors (Lipinski definition) is 10. The Morgan fingerprint density at radius 2 is 1.83 bits per heavy atom. The van der Waals surface area contributed by atoms with E-state index in [9.17, 15) is 30.4 Å². The van der Waals surface area contributed by atoms with Crippen molar-refractivity contribution in [1.29, 1.82) is 0 Å². The molecule has 2 saturated carbocycles. The summed E-state index contributed by atoms with van der Waals surface area (Å²) in [4.78, 5) is 6.72. The summed E-state index contributed by atoms with van der Waals surface area (Å²) in [5.74, 6) is 0. The maximum atomic E-state index is 13.7. The summed E-state index contributed by atoms with van der Waals surface area (Å²) in [6.07, 6.45) is -1.43. The molecule has 7 rings (SSSR count). The van der Waals surface area contributed by atoms with Gasteiger partial charge < -0.3 is 19.1 Å². The maximum absolute atomic E-state index is 13.7. The van der Waals surface area contributed by atoms with Crippen LogP contribution in [0.15, 0.2) is 17.2 Å². The number of methoxy groups -OCH3 is 1. The summed E-state index contributed by atoms with van der Waals surface area (Å²) in [6, 6.07) is 1.51. The van der Waals surface area contributed by atoms with E-state index in [1.54, 1.807) is 13.8 Å². The zero-order valence-corrected chi connectivity index (χ0v) is 26.9. The summed E-state index contributed by atoms with van der Waals surface area (Å²) < 4.78 is 116. The molecule has 0 radical (unpaired) electrons. The number of sulfonamides is 1. The topological polar surface area (TPSA) is 120 Å². The number of fused-ring (bicyclic) bond motifs is 1. The zero-order valence-electron chi connectivity index (χ0n) is 25.2. The van der Waals surface area contributed by atoms with Gasteiger partial charge in [0.2, 0.25) is 15.0 Å². The van der Waals surface area contributed by atoms with E-state index >= 15 is 0 Å². The van der Waals surface area contributed by atoms with Gasteiger partial charge in [0.05, 0.1) is 24.5 Å². The molecule has 0 aromatic carbocycles. The van der Waals surface area contributed by atoms with Crippen molar-refractivity contribution in [3.05, 3.63) is 23.0 Å². The molecule has 1 spiro atoms. The van der Waals surface area contributed by atoms with Crippen LogP contribution in [0.2, 0.25) is 0 Å². The van der Waals surface area contributed by atoms with E-state index in [-0.39, 0.29) is 22.2 Å². The van der Waals surface area contributed by atoms with Gasteiger partial charge in [0.1, 0.15) is 21.9 Å². The molecule has 2 aliphatic carbocycles. The first-order chi connectivity index (χ1) is 21.6. The number of piperidine rings is 1. The van der Waals surface area contributed by atoms with Crippen molar-refractivity contribution in [2.75, 3.05) is 31.7 Å². The third-order valence-electron chi connectivity index (χ3n) is 9.78. The number of pyridine rings is 1. The highest BCUT2D eigenvalue weighted by Crippen LogP contribution is 2.53. The minimum Gasteiger partial charge on any atom is -0.375 e. The lowest BCUT2D eigenvalue weighted by molar-refractivity contribution is -0.195. The van der Waals surface area contributed by atoms with Gasteiger partial charge in [-0.15, -0.1) is 10.2 Å². The predicted molar refractivity (Wildman–Crippen MR) is 155 cm³/mol. The molecule has 46 heavy (non-hydrogen) atoms. The van der Waals surface area contributed by atoms with Crippen LogP contribution in [0.3, 0.4) is 0 Å². The number of alkyl halides is 5. The second-order valence-corrected chi connectivity index (χ2v) is 15.7. The van der Waals surface area contributed by atoms with Crippen molar-refractivity contribution in [2.24, 2.45) is 5.41 Å². The first-order valence-corrected chi connectivity index (χ1v) is 17.3. The molecular weight excluding hydrogens is 659 g/mol. The van der Waals surface area contributed by atoms with Gasteiger partial charge in [0.25, 0.3) is 0 Å². The number of halogens is 5. The standard InChI is InChI=1S/C28H33F5N6O5S2/c1-15-20(44-24(29)30)26(14-43-15)8-10-38(11-9-26)17-12-16(46(40,41)37-25(2)4-5-25)13-39-18(22-35-36-23(45-22)28(31,32)33)19(34-21(17)39)27(42-3)6-7-27/h12-13,15,20,24,37H,4-11,14H2,1-3H3/t15-,20?/m0/s1.